The largest absolute Gasteiger partial charge is 0.393 e. The first-order chi connectivity index (χ1) is 10.3. The number of rotatable bonds is 0. The Morgan fingerprint density at radius 3 is 2.73 bits per heavy atom. The molecule has 0 aromatic heterocycles. The standard InChI is InChI=1S/C18H26O4/c1-17-9-15(20)16-12-5-3-11(19)8-10(12)2-4-13(16)14(17)6-7-18(17,21)22/h8,12-16,20-22H,2-7,9H2,1H3/t12-,13-,14-,15-,16+,17-/m0/s1. The smallest absolute Gasteiger partial charge is 0.168 e. The molecule has 4 heteroatoms. The van der Waals surface area contributed by atoms with Gasteiger partial charge < -0.3 is 15.3 Å². The molecule has 3 N–H and O–H groups in total. The molecule has 6 atom stereocenters. The number of hydrogen-bond donors (Lipinski definition) is 3. The molecule has 0 radical (unpaired) electrons. The Kier molecular flexibility index (Phi) is 3.14. The summed E-state index contributed by atoms with van der Waals surface area (Å²) in [6.07, 6.45) is 6.38. The van der Waals surface area contributed by atoms with Crippen molar-refractivity contribution in [2.75, 3.05) is 0 Å². The summed E-state index contributed by atoms with van der Waals surface area (Å²) in [4.78, 5) is 11.7. The summed E-state index contributed by atoms with van der Waals surface area (Å²) in [5.41, 5.74) is 0.636. The van der Waals surface area contributed by atoms with Gasteiger partial charge >= 0.3 is 0 Å². The van der Waals surface area contributed by atoms with Crippen LogP contribution in [0, 0.1) is 29.1 Å². The average Bonchev–Trinajstić information content (AvgIpc) is 2.68. The van der Waals surface area contributed by atoms with Crippen molar-refractivity contribution < 1.29 is 20.1 Å². The molecule has 3 saturated carbocycles. The zero-order valence-electron chi connectivity index (χ0n) is 13.2. The molecule has 0 saturated heterocycles. The molecule has 0 bridgehead atoms. The molecular formula is C18H26O4. The predicted molar refractivity (Wildman–Crippen MR) is 80.7 cm³/mol. The van der Waals surface area contributed by atoms with Gasteiger partial charge in [0.05, 0.1) is 6.10 Å². The van der Waals surface area contributed by atoms with Crippen LogP contribution in [-0.2, 0) is 4.79 Å². The summed E-state index contributed by atoms with van der Waals surface area (Å²) in [5, 5.41) is 31.6. The number of carbonyl (C=O) groups excluding carboxylic acids is 1. The normalized spacial score (nSPS) is 49.9. The van der Waals surface area contributed by atoms with E-state index < -0.39 is 17.3 Å². The lowest BCUT2D eigenvalue weighted by Gasteiger charge is -2.56. The van der Waals surface area contributed by atoms with Crippen molar-refractivity contribution in [3.05, 3.63) is 11.6 Å². The molecule has 0 unspecified atom stereocenters. The van der Waals surface area contributed by atoms with Crippen LogP contribution >= 0.6 is 0 Å². The molecular weight excluding hydrogens is 280 g/mol. The van der Waals surface area contributed by atoms with Crippen LogP contribution in [0.5, 0.6) is 0 Å². The fraction of sp³-hybridized carbons (Fsp3) is 0.833. The molecule has 0 aromatic carbocycles. The number of aliphatic hydroxyl groups excluding tert-OH is 1. The fourth-order valence-corrected chi connectivity index (χ4v) is 6.24. The van der Waals surface area contributed by atoms with E-state index in [2.05, 4.69) is 0 Å². The van der Waals surface area contributed by atoms with Crippen molar-refractivity contribution in [1.82, 2.24) is 0 Å². The number of allylic oxidation sites excluding steroid dienone is 1. The molecule has 122 valence electrons. The summed E-state index contributed by atoms with van der Waals surface area (Å²) in [6.45, 7) is 1.94. The van der Waals surface area contributed by atoms with Gasteiger partial charge in [0.1, 0.15) is 0 Å². The van der Waals surface area contributed by atoms with Crippen molar-refractivity contribution >= 4 is 5.78 Å². The van der Waals surface area contributed by atoms with Crippen LogP contribution < -0.4 is 0 Å². The van der Waals surface area contributed by atoms with Gasteiger partial charge in [0, 0.05) is 18.3 Å². The Morgan fingerprint density at radius 1 is 1.18 bits per heavy atom. The second-order valence-corrected chi connectivity index (χ2v) is 8.26. The van der Waals surface area contributed by atoms with Gasteiger partial charge in [0.2, 0.25) is 0 Å². The summed E-state index contributed by atoms with van der Waals surface area (Å²) in [5.74, 6) is -0.281. The van der Waals surface area contributed by atoms with E-state index >= 15 is 0 Å². The minimum Gasteiger partial charge on any atom is -0.393 e. The third-order valence-corrected chi connectivity index (χ3v) is 7.38. The van der Waals surface area contributed by atoms with Crippen LogP contribution in [0.2, 0.25) is 0 Å². The van der Waals surface area contributed by atoms with Crippen molar-refractivity contribution in [3.8, 4) is 0 Å². The number of carbonyl (C=O) groups is 1. The lowest BCUT2D eigenvalue weighted by atomic mass is 9.51. The fourth-order valence-electron chi connectivity index (χ4n) is 6.24. The van der Waals surface area contributed by atoms with Crippen molar-refractivity contribution in [2.45, 2.75) is 63.8 Å². The lowest BCUT2D eigenvalue weighted by Crippen LogP contribution is -2.57. The van der Waals surface area contributed by atoms with E-state index in [1.807, 2.05) is 13.0 Å². The molecule has 0 heterocycles. The number of hydrogen-bond acceptors (Lipinski definition) is 4. The van der Waals surface area contributed by atoms with E-state index in [1.54, 1.807) is 0 Å². The van der Waals surface area contributed by atoms with Gasteiger partial charge in [-0.25, -0.2) is 0 Å². The van der Waals surface area contributed by atoms with E-state index in [9.17, 15) is 20.1 Å². The maximum atomic E-state index is 11.7. The van der Waals surface area contributed by atoms with E-state index in [0.717, 1.165) is 25.7 Å². The predicted octanol–water partition coefficient (Wildman–Crippen LogP) is 1.78. The van der Waals surface area contributed by atoms with Crippen molar-refractivity contribution in [3.63, 3.8) is 0 Å². The van der Waals surface area contributed by atoms with Gasteiger partial charge in [-0.15, -0.1) is 0 Å². The van der Waals surface area contributed by atoms with E-state index in [0.29, 0.717) is 31.1 Å². The molecule has 0 aliphatic heterocycles. The highest BCUT2D eigenvalue weighted by Crippen LogP contribution is 2.64. The third-order valence-electron chi connectivity index (χ3n) is 7.38. The maximum Gasteiger partial charge on any atom is 0.168 e. The van der Waals surface area contributed by atoms with Crippen LogP contribution in [0.15, 0.2) is 11.6 Å². The Bertz CT molecular complexity index is 537. The summed E-state index contributed by atoms with van der Waals surface area (Å²) < 4.78 is 0. The molecule has 4 nitrogen and oxygen atoms in total. The second-order valence-electron chi connectivity index (χ2n) is 8.26. The van der Waals surface area contributed by atoms with Crippen LogP contribution in [0.4, 0.5) is 0 Å². The molecule has 22 heavy (non-hydrogen) atoms. The molecule has 4 aliphatic rings. The highest BCUT2D eigenvalue weighted by molar-refractivity contribution is 5.91. The lowest BCUT2D eigenvalue weighted by molar-refractivity contribution is -0.258. The number of ketones is 1. The first kappa shape index (κ1) is 14.9. The highest BCUT2D eigenvalue weighted by Gasteiger charge is 2.64. The van der Waals surface area contributed by atoms with Crippen LogP contribution in [0.25, 0.3) is 0 Å². The van der Waals surface area contributed by atoms with Crippen molar-refractivity contribution in [1.29, 1.82) is 0 Å². The van der Waals surface area contributed by atoms with Crippen molar-refractivity contribution in [2.24, 2.45) is 29.1 Å². The second kappa shape index (κ2) is 4.65. The summed E-state index contributed by atoms with van der Waals surface area (Å²) in [7, 11) is 0. The molecule has 0 spiro atoms. The molecule has 4 rings (SSSR count). The number of aliphatic hydroxyl groups is 3. The minimum atomic E-state index is -1.65. The van der Waals surface area contributed by atoms with Gasteiger partial charge in [0.15, 0.2) is 11.6 Å². The van der Waals surface area contributed by atoms with E-state index in [1.165, 1.54) is 5.57 Å². The Hall–Kier alpha value is -0.710. The third kappa shape index (κ3) is 1.84. The minimum absolute atomic E-state index is 0.195. The Balaban J connectivity index is 1.70. The van der Waals surface area contributed by atoms with E-state index in [4.69, 9.17) is 0 Å². The quantitative estimate of drug-likeness (QED) is 0.596. The van der Waals surface area contributed by atoms with Gasteiger partial charge in [-0.2, -0.15) is 0 Å². The van der Waals surface area contributed by atoms with Crippen LogP contribution in [0.1, 0.15) is 51.9 Å². The maximum absolute atomic E-state index is 11.7. The van der Waals surface area contributed by atoms with Gasteiger partial charge in [-0.05, 0) is 61.9 Å². The van der Waals surface area contributed by atoms with Crippen LogP contribution in [-0.4, -0.2) is 33.0 Å². The molecule has 0 amide bonds. The summed E-state index contributed by atoms with van der Waals surface area (Å²) >= 11 is 0. The number of fused-ring (bicyclic) bond motifs is 5. The highest BCUT2D eigenvalue weighted by atomic mass is 16.5. The molecule has 4 aliphatic carbocycles. The molecule has 0 aromatic rings. The first-order valence-corrected chi connectivity index (χ1v) is 8.69. The van der Waals surface area contributed by atoms with Gasteiger partial charge in [-0.3, -0.25) is 4.79 Å². The monoisotopic (exact) mass is 306 g/mol. The Labute approximate surface area is 131 Å². The SMILES string of the molecule is C[C@]12C[C@H](O)[C@H]3[C@@H](CCC4=CC(=O)CC[C@@H]43)[C@@H]1CCC2(O)O. The molecule has 3 fully saturated rings. The van der Waals surface area contributed by atoms with Gasteiger partial charge in [0.25, 0.3) is 0 Å². The van der Waals surface area contributed by atoms with Crippen LogP contribution in [0.3, 0.4) is 0 Å². The van der Waals surface area contributed by atoms with E-state index in [-0.39, 0.29) is 17.6 Å². The topological polar surface area (TPSA) is 77.8 Å². The zero-order valence-corrected chi connectivity index (χ0v) is 13.2. The average molecular weight is 306 g/mol. The first-order valence-electron chi connectivity index (χ1n) is 8.69. The zero-order chi connectivity index (χ0) is 15.7. The van der Waals surface area contributed by atoms with Gasteiger partial charge in [-0.1, -0.05) is 12.5 Å². The Morgan fingerprint density at radius 2 is 1.95 bits per heavy atom. The summed E-state index contributed by atoms with van der Waals surface area (Å²) in [6, 6.07) is 0.